The Kier molecular flexibility index (Phi) is 5.36. The average Bonchev–Trinajstić information content (AvgIpc) is 2.64. The van der Waals surface area contributed by atoms with Crippen molar-refractivity contribution in [2.45, 2.75) is 26.3 Å². The van der Waals surface area contributed by atoms with Gasteiger partial charge in [-0.05, 0) is 38.5 Å². The molecule has 27 heavy (non-hydrogen) atoms. The molecule has 0 radical (unpaired) electrons. The molecule has 8 heteroatoms. The Bertz CT molecular complexity index is 1110. The molecule has 0 unspecified atom stereocenters. The molecule has 1 amide bonds. The van der Waals surface area contributed by atoms with Crippen LogP contribution in [-0.2, 0) is 4.74 Å². The summed E-state index contributed by atoms with van der Waals surface area (Å²) in [6.45, 7) is 4.76. The minimum absolute atomic E-state index is 0.0360. The van der Waals surface area contributed by atoms with Crippen LogP contribution >= 0.6 is 0 Å². The maximum Gasteiger partial charge on any atom is 0.267 e. The number of hydrogen-bond acceptors (Lipinski definition) is 5. The molecule has 8 nitrogen and oxygen atoms in total. The van der Waals surface area contributed by atoms with Crippen LogP contribution in [-0.4, -0.2) is 40.1 Å². The van der Waals surface area contributed by atoms with Crippen LogP contribution in [0.5, 0.6) is 0 Å². The maximum atomic E-state index is 12.9. The highest BCUT2D eigenvalue weighted by atomic mass is 16.5. The molecule has 3 aromatic rings. The third-order valence-electron chi connectivity index (χ3n) is 4.33. The molecule has 0 saturated carbocycles. The van der Waals surface area contributed by atoms with E-state index in [1.54, 1.807) is 36.1 Å². The predicted molar refractivity (Wildman–Crippen MR) is 102 cm³/mol. The lowest BCUT2D eigenvalue weighted by Crippen LogP contribution is -2.36. The standard InChI is InChI=1S/C19H23N5O3/c1-12(2)24-16(20)13(18(25)21-8-6-10-27-3)11-14-17(24)22-15-7-4-5-9-23(15)19(14)26/h4-5,7,9,11-12,20H,6,8,10H2,1-3H3,(H,21,25). The average molecular weight is 369 g/mol. The van der Waals surface area contributed by atoms with Gasteiger partial charge >= 0.3 is 0 Å². The zero-order valence-electron chi connectivity index (χ0n) is 15.7. The van der Waals surface area contributed by atoms with E-state index in [0.29, 0.717) is 36.3 Å². The van der Waals surface area contributed by atoms with E-state index in [1.807, 2.05) is 13.8 Å². The number of pyridine rings is 2. The summed E-state index contributed by atoms with van der Waals surface area (Å²) < 4.78 is 8.03. The van der Waals surface area contributed by atoms with Crippen molar-refractivity contribution in [2.75, 3.05) is 20.3 Å². The number of nitrogens with one attached hydrogen (secondary N) is 2. The fraction of sp³-hybridized carbons (Fsp3) is 0.368. The van der Waals surface area contributed by atoms with Crippen LogP contribution < -0.4 is 16.4 Å². The minimum Gasteiger partial charge on any atom is -0.385 e. The zero-order valence-corrected chi connectivity index (χ0v) is 15.7. The summed E-state index contributed by atoms with van der Waals surface area (Å²) in [5, 5.41) is 11.6. The second kappa shape index (κ2) is 7.71. The molecular weight excluding hydrogens is 346 g/mol. The molecule has 0 aliphatic heterocycles. The van der Waals surface area contributed by atoms with Gasteiger partial charge in [-0.25, -0.2) is 4.98 Å². The second-order valence-corrected chi connectivity index (χ2v) is 6.56. The summed E-state index contributed by atoms with van der Waals surface area (Å²) in [5.74, 6) is -0.384. The number of fused-ring (bicyclic) bond motifs is 2. The lowest BCUT2D eigenvalue weighted by atomic mass is 10.1. The third-order valence-corrected chi connectivity index (χ3v) is 4.33. The lowest BCUT2D eigenvalue weighted by Gasteiger charge is -2.17. The molecule has 0 aromatic carbocycles. The second-order valence-electron chi connectivity index (χ2n) is 6.56. The van der Waals surface area contributed by atoms with Gasteiger partial charge in [-0.15, -0.1) is 0 Å². The molecule has 3 heterocycles. The van der Waals surface area contributed by atoms with Crippen molar-refractivity contribution in [2.24, 2.45) is 0 Å². The zero-order chi connectivity index (χ0) is 19.6. The maximum absolute atomic E-state index is 12.9. The van der Waals surface area contributed by atoms with E-state index in [9.17, 15) is 9.59 Å². The van der Waals surface area contributed by atoms with Crippen molar-refractivity contribution >= 4 is 22.6 Å². The summed E-state index contributed by atoms with van der Waals surface area (Å²) in [6, 6.07) is 6.62. The Morgan fingerprint density at radius 1 is 1.37 bits per heavy atom. The topological polar surface area (TPSA) is 101 Å². The van der Waals surface area contributed by atoms with Gasteiger partial charge in [-0.1, -0.05) is 6.07 Å². The lowest BCUT2D eigenvalue weighted by molar-refractivity contribution is 0.0946. The summed E-state index contributed by atoms with van der Waals surface area (Å²) in [5.41, 5.74) is 0.832. The van der Waals surface area contributed by atoms with Crippen molar-refractivity contribution in [3.63, 3.8) is 0 Å². The first kappa shape index (κ1) is 18.8. The van der Waals surface area contributed by atoms with Crippen molar-refractivity contribution in [1.29, 1.82) is 5.41 Å². The van der Waals surface area contributed by atoms with Gasteiger partial charge in [-0.2, -0.15) is 0 Å². The molecule has 0 spiro atoms. The van der Waals surface area contributed by atoms with Crippen molar-refractivity contribution < 1.29 is 9.53 Å². The van der Waals surface area contributed by atoms with Crippen LogP contribution in [0.3, 0.4) is 0 Å². The van der Waals surface area contributed by atoms with Crippen molar-refractivity contribution in [1.82, 2.24) is 19.3 Å². The SMILES string of the molecule is COCCCNC(=O)c1cc2c(=O)n3ccccc3nc2n(C(C)C)c1=N. The number of carbonyl (C=O) groups is 1. The van der Waals surface area contributed by atoms with Gasteiger partial charge < -0.3 is 14.6 Å². The van der Waals surface area contributed by atoms with E-state index in [4.69, 9.17) is 10.1 Å². The first-order valence-corrected chi connectivity index (χ1v) is 8.84. The molecule has 3 aromatic heterocycles. The molecule has 0 atom stereocenters. The van der Waals surface area contributed by atoms with Crippen LogP contribution in [0, 0.1) is 5.41 Å². The van der Waals surface area contributed by atoms with Gasteiger partial charge in [0.2, 0.25) is 0 Å². The molecule has 0 bridgehead atoms. The minimum atomic E-state index is -0.384. The van der Waals surface area contributed by atoms with Gasteiger partial charge in [-0.3, -0.25) is 19.4 Å². The van der Waals surface area contributed by atoms with Crippen molar-refractivity contribution in [3.05, 3.63) is 51.9 Å². The molecule has 0 aliphatic carbocycles. The van der Waals surface area contributed by atoms with Gasteiger partial charge in [0.15, 0.2) is 0 Å². The normalized spacial score (nSPS) is 11.4. The van der Waals surface area contributed by atoms with Crippen LogP contribution in [0.2, 0.25) is 0 Å². The Hall–Kier alpha value is -3.00. The van der Waals surface area contributed by atoms with E-state index < -0.39 is 0 Å². The largest absolute Gasteiger partial charge is 0.385 e. The molecule has 0 aliphatic rings. The number of hydrogen-bond donors (Lipinski definition) is 2. The van der Waals surface area contributed by atoms with Crippen LogP contribution in [0.4, 0.5) is 0 Å². The highest BCUT2D eigenvalue weighted by Crippen LogP contribution is 2.14. The first-order valence-electron chi connectivity index (χ1n) is 8.84. The Morgan fingerprint density at radius 2 is 2.15 bits per heavy atom. The monoisotopic (exact) mass is 369 g/mol. The van der Waals surface area contributed by atoms with Crippen LogP contribution in [0.25, 0.3) is 16.7 Å². The van der Waals surface area contributed by atoms with Gasteiger partial charge in [0.1, 0.15) is 16.8 Å². The smallest absolute Gasteiger partial charge is 0.267 e. The third kappa shape index (κ3) is 3.48. The number of rotatable bonds is 6. The number of aromatic nitrogens is 3. The summed E-state index contributed by atoms with van der Waals surface area (Å²) in [7, 11) is 1.60. The van der Waals surface area contributed by atoms with E-state index in [1.165, 1.54) is 10.5 Å². The molecule has 142 valence electrons. The number of ether oxygens (including phenoxy) is 1. The number of carbonyl (C=O) groups excluding carboxylic acids is 1. The molecule has 2 N–H and O–H groups in total. The predicted octanol–water partition coefficient (Wildman–Crippen LogP) is 1.48. The molecular formula is C19H23N5O3. The highest BCUT2D eigenvalue weighted by Gasteiger charge is 2.18. The first-order chi connectivity index (χ1) is 13.0. The molecule has 0 saturated heterocycles. The van der Waals surface area contributed by atoms with Crippen LogP contribution in [0.1, 0.15) is 36.7 Å². The summed E-state index contributed by atoms with van der Waals surface area (Å²) >= 11 is 0. The summed E-state index contributed by atoms with van der Waals surface area (Å²) in [6.07, 6.45) is 2.31. The number of amides is 1. The Labute approximate surface area is 155 Å². The molecule has 3 rings (SSSR count). The van der Waals surface area contributed by atoms with Crippen molar-refractivity contribution in [3.8, 4) is 0 Å². The van der Waals surface area contributed by atoms with Gasteiger partial charge in [0.05, 0.1) is 10.9 Å². The van der Waals surface area contributed by atoms with E-state index in [2.05, 4.69) is 10.3 Å². The summed E-state index contributed by atoms with van der Waals surface area (Å²) in [4.78, 5) is 30.1. The van der Waals surface area contributed by atoms with Gasteiger partial charge in [0, 0.05) is 32.5 Å². The number of methoxy groups -OCH3 is 1. The van der Waals surface area contributed by atoms with E-state index >= 15 is 0 Å². The van der Waals surface area contributed by atoms with E-state index in [0.717, 1.165) is 0 Å². The van der Waals surface area contributed by atoms with Gasteiger partial charge in [0.25, 0.3) is 11.5 Å². The van der Waals surface area contributed by atoms with Crippen LogP contribution in [0.15, 0.2) is 35.3 Å². The Balaban J connectivity index is 2.21. The molecule has 0 fully saturated rings. The quantitative estimate of drug-likeness (QED) is 0.507. The fourth-order valence-corrected chi connectivity index (χ4v) is 3.04. The Morgan fingerprint density at radius 3 is 2.85 bits per heavy atom. The number of nitrogens with zero attached hydrogens (tertiary/aromatic N) is 3. The highest BCUT2D eigenvalue weighted by molar-refractivity contribution is 5.96. The van der Waals surface area contributed by atoms with E-state index in [-0.39, 0.29) is 28.6 Å². The fourth-order valence-electron chi connectivity index (χ4n) is 3.04.